The Morgan fingerprint density at radius 1 is 1.67 bits per heavy atom. The van der Waals surface area contributed by atoms with Crippen molar-refractivity contribution in [1.29, 1.82) is 0 Å². The van der Waals surface area contributed by atoms with E-state index in [2.05, 4.69) is 4.98 Å². The van der Waals surface area contributed by atoms with Gasteiger partial charge in [-0.25, -0.2) is 4.98 Å². The summed E-state index contributed by atoms with van der Waals surface area (Å²) in [5, 5.41) is 0. The van der Waals surface area contributed by atoms with Gasteiger partial charge in [0.15, 0.2) is 0 Å². The first-order valence-electron chi connectivity index (χ1n) is 4.80. The molecule has 0 saturated carbocycles. The molecule has 1 saturated heterocycles. The minimum Gasteiger partial charge on any atom is -0.371 e. The predicted molar refractivity (Wildman–Crippen MR) is 53.7 cm³/mol. The zero-order valence-electron chi connectivity index (χ0n) is 8.19. The molecule has 2 N–H and O–H groups in total. The molecule has 1 aromatic rings. The van der Waals surface area contributed by atoms with Crippen LogP contribution < -0.4 is 10.6 Å². The summed E-state index contributed by atoms with van der Waals surface area (Å²) in [7, 11) is 0. The highest BCUT2D eigenvalue weighted by Gasteiger charge is 2.28. The van der Waals surface area contributed by atoms with Crippen molar-refractivity contribution >= 4 is 11.6 Å². The molecule has 0 bridgehead atoms. The molecule has 2 heterocycles. The summed E-state index contributed by atoms with van der Waals surface area (Å²) in [5.41, 5.74) is 5.89. The number of nitrogens with zero attached hydrogens (tertiary/aromatic N) is 2. The van der Waals surface area contributed by atoms with E-state index in [1.165, 1.54) is 12.3 Å². The Bertz CT molecular complexity index is 377. The highest BCUT2D eigenvalue weighted by Crippen LogP contribution is 2.25. The van der Waals surface area contributed by atoms with Crippen LogP contribution in [-0.2, 0) is 4.79 Å². The van der Waals surface area contributed by atoms with Crippen molar-refractivity contribution in [3.8, 4) is 0 Å². The van der Waals surface area contributed by atoms with Gasteiger partial charge in [0.2, 0.25) is 11.9 Å². The average molecular weight is 209 g/mol. The Labute approximate surface area is 86.9 Å². The summed E-state index contributed by atoms with van der Waals surface area (Å²) in [6, 6.07) is 3.14. The smallest absolute Gasteiger partial charge is 0.217 e. The number of carbonyl (C=O) groups is 1. The van der Waals surface area contributed by atoms with E-state index < -0.39 is 5.95 Å². The molecular weight excluding hydrogens is 197 g/mol. The van der Waals surface area contributed by atoms with Gasteiger partial charge in [0.1, 0.15) is 0 Å². The molecule has 1 fully saturated rings. The highest BCUT2D eigenvalue weighted by molar-refractivity contribution is 5.74. The fourth-order valence-corrected chi connectivity index (χ4v) is 1.78. The Hall–Kier alpha value is -1.65. The Morgan fingerprint density at radius 3 is 3.00 bits per heavy atom. The molecule has 0 atom stereocenters. The van der Waals surface area contributed by atoms with Crippen LogP contribution in [-0.4, -0.2) is 24.0 Å². The second-order valence-electron chi connectivity index (χ2n) is 3.78. The zero-order valence-corrected chi connectivity index (χ0v) is 8.19. The summed E-state index contributed by atoms with van der Waals surface area (Å²) in [6.45, 7) is 1.51. The first-order valence-corrected chi connectivity index (χ1v) is 4.80. The normalized spacial score (nSPS) is 16.2. The van der Waals surface area contributed by atoms with Gasteiger partial charge in [0.05, 0.1) is 0 Å². The number of primary amides is 1. The van der Waals surface area contributed by atoms with E-state index in [0.29, 0.717) is 12.3 Å². The van der Waals surface area contributed by atoms with Crippen LogP contribution in [0, 0.1) is 11.9 Å². The Balaban J connectivity index is 1.92. The van der Waals surface area contributed by atoms with Crippen LogP contribution in [0.5, 0.6) is 0 Å². The third kappa shape index (κ3) is 2.23. The molecule has 2 rings (SSSR count). The number of aromatic nitrogens is 1. The molecule has 1 aliphatic heterocycles. The number of anilines is 1. The predicted octanol–water partition coefficient (Wildman–Crippen LogP) is 0.532. The van der Waals surface area contributed by atoms with Crippen LogP contribution in [0.2, 0.25) is 0 Å². The van der Waals surface area contributed by atoms with E-state index in [1.54, 1.807) is 6.07 Å². The first kappa shape index (κ1) is 9.89. The molecule has 0 spiro atoms. The molecule has 1 aromatic heterocycles. The van der Waals surface area contributed by atoms with Gasteiger partial charge >= 0.3 is 0 Å². The van der Waals surface area contributed by atoms with Crippen molar-refractivity contribution in [2.45, 2.75) is 6.42 Å². The second kappa shape index (κ2) is 3.84. The molecule has 80 valence electrons. The van der Waals surface area contributed by atoms with Crippen molar-refractivity contribution in [2.75, 3.05) is 18.0 Å². The van der Waals surface area contributed by atoms with Gasteiger partial charge in [0, 0.05) is 43.4 Å². The van der Waals surface area contributed by atoms with Crippen molar-refractivity contribution < 1.29 is 9.18 Å². The minimum absolute atomic E-state index is 0.277. The molecule has 4 nitrogen and oxygen atoms in total. The average Bonchev–Trinajstić information content (AvgIpc) is 2.10. The molecule has 0 radical (unpaired) electrons. The highest BCUT2D eigenvalue weighted by atomic mass is 19.1. The molecule has 5 heteroatoms. The van der Waals surface area contributed by atoms with Gasteiger partial charge in [-0.3, -0.25) is 4.79 Å². The van der Waals surface area contributed by atoms with E-state index in [0.717, 1.165) is 18.8 Å². The molecule has 15 heavy (non-hydrogen) atoms. The number of nitrogens with two attached hydrogens (primary N) is 1. The largest absolute Gasteiger partial charge is 0.371 e. The summed E-state index contributed by atoms with van der Waals surface area (Å²) in [5.74, 6) is -0.454. The Morgan fingerprint density at radius 2 is 2.40 bits per heavy atom. The van der Waals surface area contributed by atoms with Gasteiger partial charge in [-0.15, -0.1) is 0 Å². The molecule has 1 aliphatic rings. The maximum atomic E-state index is 12.8. The van der Waals surface area contributed by atoms with Gasteiger partial charge in [-0.05, 0) is 6.07 Å². The van der Waals surface area contributed by atoms with Crippen molar-refractivity contribution in [3.05, 3.63) is 24.3 Å². The summed E-state index contributed by atoms with van der Waals surface area (Å²) in [6.07, 6.45) is 1.84. The van der Waals surface area contributed by atoms with E-state index in [-0.39, 0.29) is 5.91 Å². The van der Waals surface area contributed by atoms with Gasteiger partial charge in [0.25, 0.3) is 0 Å². The van der Waals surface area contributed by atoms with Crippen LogP contribution in [0.4, 0.5) is 10.1 Å². The van der Waals surface area contributed by atoms with Crippen LogP contribution in [0.15, 0.2) is 18.3 Å². The number of carbonyl (C=O) groups excluding carboxylic acids is 1. The maximum Gasteiger partial charge on any atom is 0.217 e. The summed E-state index contributed by atoms with van der Waals surface area (Å²) >= 11 is 0. The van der Waals surface area contributed by atoms with Crippen LogP contribution in [0.3, 0.4) is 0 Å². The topological polar surface area (TPSA) is 59.2 Å². The lowest BCUT2D eigenvalue weighted by Crippen LogP contribution is -2.48. The van der Waals surface area contributed by atoms with Crippen LogP contribution in [0.25, 0.3) is 0 Å². The van der Waals surface area contributed by atoms with Crippen molar-refractivity contribution in [3.63, 3.8) is 0 Å². The van der Waals surface area contributed by atoms with Crippen molar-refractivity contribution in [1.82, 2.24) is 4.98 Å². The molecule has 0 aromatic carbocycles. The lowest BCUT2D eigenvalue weighted by molar-refractivity contribution is -0.119. The minimum atomic E-state index is -0.481. The standard InChI is InChI=1S/C10H12FN3O/c11-9-4-8(1-2-13-9)14-5-7(6-14)3-10(12)15/h1-2,4,7H,3,5-6H2,(H2,12,15). The third-order valence-corrected chi connectivity index (χ3v) is 2.52. The van der Waals surface area contributed by atoms with Gasteiger partial charge < -0.3 is 10.6 Å². The number of hydrogen-bond acceptors (Lipinski definition) is 3. The van der Waals surface area contributed by atoms with Gasteiger partial charge in [-0.2, -0.15) is 4.39 Å². The van der Waals surface area contributed by atoms with E-state index in [4.69, 9.17) is 5.73 Å². The lowest BCUT2D eigenvalue weighted by Gasteiger charge is -2.40. The number of amides is 1. The lowest BCUT2D eigenvalue weighted by atomic mass is 9.95. The first-order chi connectivity index (χ1) is 7.15. The van der Waals surface area contributed by atoms with Crippen LogP contribution >= 0.6 is 0 Å². The SMILES string of the molecule is NC(=O)CC1CN(c2ccnc(F)c2)C1. The van der Waals surface area contributed by atoms with Crippen molar-refractivity contribution in [2.24, 2.45) is 11.7 Å². The molecular formula is C10H12FN3O. The number of rotatable bonds is 3. The van der Waals surface area contributed by atoms with Crippen LogP contribution in [0.1, 0.15) is 6.42 Å². The maximum absolute atomic E-state index is 12.8. The third-order valence-electron chi connectivity index (χ3n) is 2.52. The summed E-state index contributed by atoms with van der Waals surface area (Å²) in [4.78, 5) is 16.1. The van der Waals surface area contributed by atoms with E-state index in [9.17, 15) is 9.18 Å². The monoisotopic (exact) mass is 209 g/mol. The summed E-state index contributed by atoms with van der Waals surface area (Å²) < 4.78 is 12.8. The molecule has 1 amide bonds. The molecule has 0 aliphatic carbocycles. The van der Waals surface area contributed by atoms with E-state index in [1.807, 2.05) is 4.90 Å². The second-order valence-corrected chi connectivity index (χ2v) is 3.78. The number of halogens is 1. The van der Waals surface area contributed by atoms with Gasteiger partial charge in [-0.1, -0.05) is 0 Å². The zero-order chi connectivity index (χ0) is 10.8. The molecule has 0 unspecified atom stereocenters. The fraction of sp³-hybridized carbons (Fsp3) is 0.400. The fourth-order valence-electron chi connectivity index (χ4n) is 1.78. The number of pyridine rings is 1. The quantitative estimate of drug-likeness (QED) is 0.739. The number of hydrogen-bond donors (Lipinski definition) is 1. The van der Waals surface area contributed by atoms with E-state index >= 15 is 0 Å². The Kier molecular flexibility index (Phi) is 2.53.